The molecule has 6 heteroatoms. The van der Waals surface area contributed by atoms with Crippen molar-refractivity contribution >= 4 is 17.4 Å². The zero-order valence-electron chi connectivity index (χ0n) is 14.6. The molecule has 1 heterocycles. The van der Waals surface area contributed by atoms with Crippen molar-refractivity contribution in [1.82, 2.24) is 9.55 Å². The largest absolute Gasteiger partial charge is 0.484 e. The van der Waals surface area contributed by atoms with Crippen LogP contribution < -0.4 is 10.1 Å². The number of benzene rings is 2. The summed E-state index contributed by atoms with van der Waals surface area (Å²) in [7, 11) is 1.77. The van der Waals surface area contributed by atoms with E-state index in [4.69, 9.17) is 4.74 Å². The van der Waals surface area contributed by atoms with Gasteiger partial charge in [-0.1, -0.05) is 12.1 Å². The zero-order chi connectivity index (χ0) is 18.5. The van der Waals surface area contributed by atoms with E-state index in [1.165, 1.54) is 0 Å². The summed E-state index contributed by atoms with van der Waals surface area (Å²) >= 11 is 0. The van der Waals surface area contributed by atoms with E-state index in [1.807, 2.05) is 25.1 Å². The Bertz CT molecular complexity index is 929. The molecular weight excluding hydrogens is 330 g/mol. The number of anilines is 1. The molecule has 0 fully saturated rings. The van der Waals surface area contributed by atoms with Crippen molar-refractivity contribution in [3.05, 3.63) is 77.9 Å². The van der Waals surface area contributed by atoms with Gasteiger partial charge in [-0.3, -0.25) is 9.59 Å². The predicted molar refractivity (Wildman–Crippen MR) is 98.4 cm³/mol. The second-order valence-electron chi connectivity index (χ2n) is 5.92. The molecule has 1 aromatic heterocycles. The lowest BCUT2D eigenvalue weighted by molar-refractivity contribution is -0.118. The zero-order valence-corrected chi connectivity index (χ0v) is 14.6. The molecular formula is C20H19N3O3. The summed E-state index contributed by atoms with van der Waals surface area (Å²) in [6.07, 6.45) is 3.30. The van der Waals surface area contributed by atoms with E-state index in [9.17, 15) is 9.59 Å². The van der Waals surface area contributed by atoms with Gasteiger partial charge in [0, 0.05) is 30.7 Å². The van der Waals surface area contributed by atoms with Gasteiger partial charge in [0.1, 0.15) is 5.75 Å². The van der Waals surface area contributed by atoms with Crippen molar-refractivity contribution in [2.75, 3.05) is 11.9 Å². The first-order valence-corrected chi connectivity index (χ1v) is 8.14. The summed E-state index contributed by atoms with van der Waals surface area (Å²) in [4.78, 5) is 28.4. The number of aromatic nitrogens is 2. The standard InChI is InChI=1S/C20H19N3O3/c1-14-4-3-5-17(12-14)26-13-18(24)22-16-8-6-15(7-9-16)19(25)20-21-10-11-23(20)2/h3-12H,13H2,1-2H3,(H,22,24). The molecule has 6 nitrogen and oxygen atoms in total. The fraction of sp³-hybridized carbons (Fsp3) is 0.150. The van der Waals surface area contributed by atoms with Crippen LogP contribution in [-0.4, -0.2) is 27.8 Å². The lowest BCUT2D eigenvalue weighted by Gasteiger charge is -2.08. The third-order valence-electron chi connectivity index (χ3n) is 3.81. The van der Waals surface area contributed by atoms with Gasteiger partial charge in [0.15, 0.2) is 12.4 Å². The van der Waals surface area contributed by atoms with Crippen LogP contribution in [0.2, 0.25) is 0 Å². The SMILES string of the molecule is Cc1cccc(OCC(=O)Nc2ccc(C(=O)c3nccn3C)cc2)c1. The Balaban J connectivity index is 1.58. The molecule has 1 N–H and O–H groups in total. The highest BCUT2D eigenvalue weighted by Crippen LogP contribution is 2.14. The number of carbonyl (C=O) groups is 2. The highest BCUT2D eigenvalue weighted by molar-refractivity contribution is 6.07. The molecule has 0 radical (unpaired) electrons. The number of nitrogens with zero attached hydrogens (tertiary/aromatic N) is 2. The van der Waals surface area contributed by atoms with Gasteiger partial charge in [-0.15, -0.1) is 0 Å². The summed E-state index contributed by atoms with van der Waals surface area (Å²) in [5.41, 5.74) is 2.17. The van der Waals surface area contributed by atoms with Crippen molar-refractivity contribution in [1.29, 1.82) is 0 Å². The van der Waals surface area contributed by atoms with Crippen LogP contribution in [0.3, 0.4) is 0 Å². The molecule has 26 heavy (non-hydrogen) atoms. The van der Waals surface area contributed by atoms with E-state index in [2.05, 4.69) is 10.3 Å². The van der Waals surface area contributed by atoms with E-state index < -0.39 is 0 Å². The molecule has 132 valence electrons. The fourth-order valence-electron chi connectivity index (χ4n) is 2.47. The minimum absolute atomic E-state index is 0.0859. The average molecular weight is 349 g/mol. The van der Waals surface area contributed by atoms with Crippen LogP contribution in [0.5, 0.6) is 5.75 Å². The molecule has 0 aliphatic carbocycles. The summed E-state index contributed by atoms with van der Waals surface area (Å²) in [5, 5.41) is 2.74. The Kier molecular flexibility index (Phi) is 5.12. The van der Waals surface area contributed by atoms with Crippen LogP contribution in [0.1, 0.15) is 21.7 Å². The minimum Gasteiger partial charge on any atom is -0.484 e. The second-order valence-corrected chi connectivity index (χ2v) is 5.92. The first-order chi connectivity index (χ1) is 12.5. The molecule has 0 saturated carbocycles. The van der Waals surface area contributed by atoms with Gasteiger partial charge >= 0.3 is 0 Å². The van der Waals surface area contributed by atoms with Crippen LogP contribution in [0, 0.1) is 6.92 Å². The minimum atomic E-state index is -0.269. The van der Waals surface area contributed by atoms with Crippen LogP contribution >= 0.6 is 0 Å². The quantitative estimate of drug-likeness (QED) is 0.695. The third-order valence-corrected chi connectivity index (χ3v) is 3.81. The van der Waals surface area contributed by atoms with Crippen molar-refractivity contribution in [2.45, 2.75) is 6.92 Å². The second kappa shape index (κ2) is 7.65. The molecule has 0 unspecified atom stereocenters. The summed E-state index contributed by atoms with van der Waals surface area (Å²) in [5.74, 6) is 0.581. The van der Waals surface area contributed by atoms with Gasteiger partial charge in [0.25, 0.3) is 5.91 Å². The Labute approximate surface area is 151 Å². The number of carbonyl (C=O) groups excluding carboxylic acids is 2. The number of hydrogen-bond acceptors (Lipinski definition) is 4. The number of rotatable bonds is 6. The molecule has 0 saturated heterocycles. The van der Waals surface area contributed by atoms with Crippen molar-refractivity contribution in [3.63, 3.8) is 0 Å². The van der Waals surface area contributed by atoms with Crippen LogP contribution in [-0.2, 0) is 11.8 Å². The highest BCUT2D eigenvalue weighted by atomic mass is 16.5. The number of ether oxygens (including phenoxy) is 1. The van der Waals surface area contributed by atoms with Gasteiger partial charge in [0.05, 0.1) is 0 Å². The Morgan fingerprint density at radius 1 is 1.15 bits per heavy atom. The van der Waals surface area contributed by atoms with Crippen molar-refractivity contribution in [2.24, 2.45) is 7.05 Å². The van der Waals surface area contributed by atoms with Gasteiger partial charge < -0.3 is 14.6 Å². The molecule has 3 aromatic rings. The number of imidazole rings is 1. The van der Waals surface area contributed by atoms with Gasteiger partial charge in [-0.05, 0) is 48.9 Å². The number of amides is 1. The Morgan fingerprint density at radius 3 is 2.58 bits per heavy atom. The maximum absolute atomic E-state index is 12.4. The molecule has 2 aromatic carbocycles. The van der Waals surface area contributed by atoms with Crippen molar-refractivity contribution in [3.8, 4) is 5.75 Å². The number of hydrogen-bond donors (Lipinski definition) is 1. The summed E-state index contributed by atoms with van der Waals surface area (Å²) in [6, 6.07) is 14.2. The number of ketones is 1. The van der Waals surface area contributed by atoms with Gasteiger partial charge in [-0.2, -0.15) is 0 Å². The molecule has 1 amide bonds. The fourth-order valence-corrected chi connectivity index (χ4v) is 2.47. The predicted octanol–water partition coefficient (Wildman–Crippen LogP) is 2.98. The molecule has 0 aliphatic heterocycles. The van der Waals surface area contributed by atoms with E-state index in [0.717, 1.165) is 5.56 Å². The molecule has 0 bridgehead atoms. The Hall–Kier alpha value is -3.41. The average Bonchev–Trinajstić information content (AvgIpc) is 3.06. The first-order valence-electron chi connectivity index (χ1n) is 8.14. The maximum atomic E-state index is 12.4. The molecule has 0 atom stereocenters. The normalized spacial score (nSPS) is 10.4. The van der Waals surface area contributed by atoms with E-state index in [0.29, 0.717) is 22.8 Å². The van der Waals surface area contributed by atoms with Gasteiger partial charge in [0.2, 0.25) is 5.78 Å². The first kappa shape index (κ1) is 17.4. The number of nitrogens with one attached hydrogen (secondary N) is 1. The smallest absolute Gasteiger partial charge is 0.262 e. The van der Waals surface area contributed by atoms with Crippen LogP contribution in [0.15, 0.2) is 60.9 Å². The summed E-state index contributed by atoms with van der Waals surface area (Å²) < 4.78 is 7.14. The third kappa shape index (κ3) is 4.16. The monoisotopic (exact) mass is 349 g/mol. The highest BCUT2D eigenvalue weighted by Gasteiger charge is 2.13. The van der Waals surface area contributed by atoms with E-state index >= 15 is 0 Å². The topological polar surface area (TPSA) is 73.2 Å². The Morgan fingerprint density at radius 2 is 1.92 bits per heavy atom. The van der Waals surface area contributed by atoms with Crippen molar-refractivity contribution < 1.29 is 14.3 Å². The van der Waals surface area contributed by atoms with Crippen LogP contribution in [0.4, 0.5) is 5.69 Å². The lowest BCUT2D eigenvalue weighted by Crippen LogP contribution is -2.20. The molecule has 0 aliphatic rings. The lowest BCUT2D eigenvalue weighted by atomic mass is 10.1. The number of aryl methyl sites for hydroxylation is 2. The van der Waals surface area contributed by atoms with E-state index in [1.54, 1.807) is 54.3 Å². The van der Waals surface area contributed by atoms with Crippen LogP contribution in [0.25, 0.3) is 0 Å². The summed E-state index contributed by atoms with van der Waals surface area (Å²) in [6.45, 7) is 1.87. The molecule has 0 spiro atoms. The maximum Gasteiger partial charge on any atom is 0.262 e. The van der Waals surface area contributed by atoms with Gasteiger partial charge in [-0.25, -0.2) is 4.98 Å². The molecule has 3 rings (SSSR count). The van der Waals surface area contributed by atoms with E-state index in [-0.39, 0.29) is 18.3 Å².